The molecule has 0 aromatic heterocycles. The lowest BCUT2D eigenvalue weighted by molar-refractivity contribution is -0.439. The van der Waals surface area contributed by atoms with E-state index in [1.807, 2.05) is 0 Å². The molecule has 2 heterocycles. The number of halogens is 4. The molecular weight excluding hydrogens is 675 g/mol. The van der Waals surface area contributed by atoms with Gasteiger partial charge in [0.1, 0.15) is 6.54 Å². The number of nitrogens with zero attached hydrogens (tertiary/aromatic N) is 2. The Kier molecular flexibility index (Phi) is 8.89. The third kappa shape index (κ3) is 5.32. The number of allylic oxidation sites excluding steroid dienone is 8. The Morgan fingerprint density at radius 1 is 0.929 bits per heavy atom. The average Bonchev–Trinajstić information content (AvgIpc) is 3.43. The largest absolute Gasteiger partial charge is 0.344 e. The normalized spacial score (nSPS) is 21.1. The number of aryl methyl sites for hydroxylation is 1. The zero-order valence-corrected chi connectivity index (χ0v) is 29.7. The Morgan fingerprint density at radius 2 is 1.62 bits per heavy atom. The van der Waals surface area contributed by atoms with E-state index >= 15 is 4.39 Å². The summed E-state index contributed by atoms with van der Waals surface area (Å²) in [5, 5.41) is 0.835. The molecule has 0 radical (unpaired) electrons. The van der Waals surface area contributed by atoms with Crippen molar-refractivity contribution in [2.24, 2.45) is 0 Å². The smallest absolute Gasteiger partial charge is 0.245 e. The minimum Gasteiger partial charge on any atom is -0.344 e. The van der Waals surface area contributed by atoms with Crippen LogP contribution in [0.3, 0.4) is 0 Å². The monoisotopic (exact) mass is 713 g/mol. The van der Waals surface area contributed by atoms with Crippen molar-refractivity contribution in [2.75, 3.05) is 18.0 Å². The highest BCUT2D eigenvalue weighted by atomic mass is 79.9. The maximum atomic E-state index is 15.2. The maximum Gasteiger partial charge on any atom is 0.245 e. The first-order chi connectivity index (χ1) is 19.8. The van der Waals surface area contributed by atoms with Crippen molar-refractivity contribution < 1.29 is 8.97 Å². The maximum absolute atomic E-state index is 15.2. The Bertz CT molecular complexity index is 1610. The number of hydrogen-bond acceptors (Lipinski definition) is 1. The van der Waals surface area contributed by atoms with Gasteiger partial charge in [-0.15, -0.1) is 0 Å². The highest BCUT2D eigenvalue weighted by Gasteiger charge is 2.46. The fourth-order valence-corrected chi connectivity index (χ4v) is 8.27. The fraction of sp³-hybridized carbons (Fsp3) is 0.417. The van der Waals surface area contributed by atoms with Crippen LogP contribution in [0, 0.1) is 12.7 Å². The van der Waals surface area contributed by atoms with Crippen molar-refractivity contribution >= 4 is 60.5 Å². The summed E-state index contributed by atoms with van der Waals surface area (Å²) in [5.74, 6) is -0.183. The highest BCUT2D eigenvalue weighted by molar-refractivity contribution is 9.10. The number of hydrogen-bond donors (Lipinski definition) is 0. The van der Waals surface area contributed by atoms with Gasteiger partial charge in [-0.3, -0.25) is 0 Å². The van der Waals surface area contributed by atoms with Crippen LogP contribution in [-0.2, 0) is 10.8 Å². The third-order valence-corrected chi connectivity index (χ3v) is 10.5. The van der Waals surface area contributed by atoms with Crippen molar-refractivity contribution in [3.8, 4) is 0 Å². The quantitative estimate of drug-likeness (QED) is 0.259. The Hall–Kier alpha value is -1.95. The molecule has 2 aliphatic heterocycles. The Morgan fingerprint density at radius 3 is 2.31 bits per heavy atom. The second kappa shape index (κ2) is 11.9. The number of anilines is 1. The molecule has 0 bridgehead atoms. The van der Waals surface area contributed by atoms with E-state index in [9.17, 15) is 0 Å². The second-order valence-electron chi connectivity index (χ2n) is 12.8. The molecule has 3 aliphatic rings. The van der Waals surface area contributed by atoms with Crippen molar-refractivity contribution in [2.45, 2.75) is 85.0 Å². The Labute approximate surface area is 273 Å². The van der Waals surface area contributed by atoms with E-state index in [0.29, 0.717) is 5.69 Å². The Balaban J connectivity index is 1.50. The predicted octanol–water partition coefficient (Wildman–Crippen LogP) is 11.3. The number of benzene rings is 2. The summed E-state index contributed by atoms with van der Waals surface area (Å²) in [6, 6.07) is 8.11. The predicted molar refractivity (Wildman–Crippen MR) is 184 cm³/mol. The second-order valence-corrected chi connectivity index (χ2v) is 15.0. The molecule has 222 valence electrons. The summed E-state index contributed by atoms with van der Waals surface area (Å²) in [7, 11) is 0. The molecule has 0 saturated heterocycles. The first-order valence-corrected chi connectivity index (χ1v) is 17.0. The SMILES string of the molecule is CCCN1/C(=C/C=C2\CCC(/C=C/C3=[N+](CCC)c4c(F)cc(Br)cc4C3(C)C)=C2Cl)C(C)(C)c2cc(Br)cc(C)c21. The van der Waals surface area contributed by atoms with Gasteiger partial charge in [-0.2, -0.15) is 8.97 Å². The van der Waals surface area contributed by atoms with Crippen LogP contribution in [0.1, 0.15) is 83.9 Å². The van der Waals surface area contributed by atoms with Gasteiger partial charge in [-0.1, -0.05) is 83.3 Å². The lowest BCUT2D eigenvalue weighted by Crippen LogP contribution is -2.27. The molecule has 2 nitrogen and oxygen atoms in total. The van der Waals surface area contributed by atoms with Gasteiger partial charge in [0.2, 0.25) is 5.69 Å². The molecule has 1 aliphatic carbocycles. The zero-order chi connectivity index (χ0) is 30.6. The van der Waals surface area contributed by atoms with Gasteiger partial charge in [-0.25, -0.2) is 0 Å². The molecule has 0 unspecified atom stereocenters. The van der Waals surface area contributed by atoms with Gasteiger partial charge in [0.25, 0.3) is 0 Å². The van der Waals surface area contributed by atoms with Gasteiger partial charge in [-0.05, 0) is 92.6 Å². The summed E-state index contributed by atoms with van der Waals surface area (Å²) in [4.78, 5) is 2.50. The molecule has 0 fully saturated rings. The van der Waals surface area contributed by atoms with Gasteiger partial charge < -0.3 is 4.90 Å². The molecular formula is C36H41Br2ClFN2+. The fourth-order valence-electron chi connectivity index (χ4n) is 6.95. The third-order valence-electron chi connectivity index (χ3n) is 9.05. The average molecular weight is 716 g/mol. The zero-order valence-electron chi connectivity index (χ0n) is 25.8. The first kappa shape index (κ1) is 31.5. The minimum atomic E-state index is -0.320. The lowest BCUT2D eigenvalue weighted by Gasteiger charge is -2.27. The van der Waals surface area contributed by atoms with E-state index in [4.69, 9.17) is 11.6 Å². The van der Waals surface area contributed by atoms with E-state index in [1.54, 1.807) is 6.07 Å². The molecule has 42 heavy (non-hydrogen) atoms. The lowest BCUT2D eigenvalue weighted by atomic mass is 9.81. The van der Waals surface area contributed by atoms with Crippen LogP contribution < -0.4 is 4.90 Å². The van der Waals surface area contributed by atoms with Crippen LogP contribution in [0.2, 0.25) is 0 Å². The molecule has 0 saturated carbocycles. The van der Waals surface area contributed by atoms with Crippen LogP contribution in [0.25, 0.3) is 0 Å². The van der Waals surface area contributed by atoms with Gasteiger partial charge in [0.05, 0.1) is 5.41 Å². The van der Waals surface area contributed by atoms with E-state index in [0.717, 1.165) is 69.6 Å². The molecule has 5 rings (SSSR count). The molecule has 0 N–H and O–H groups in total. The summed E-state index contributed by atoms with van der Waals surface area (Å²) in [6.45, 7) is 17.3. The van der Waals surface area contributed by atoms with E-state index < -0.39 is 0 Å². The standard InChI is InChI=1S/C36H41Br2ClFN2/c1-8-16-41-30(35(4,5)27-19-25(37)18-22(3)33(27)41)14-12-23-10-11-24(32(23)39)13-15-31-36(6,7)28-20-26(38)21-29(40)34(28)42(31)17-9-2/h12-15,18-21H,8-11,16-17H2,1-7H3/q+1. The molecule has 2 aromatic carbocycles. The van der Waals surface area contributed by atoms with Crippen molar-refractivity contribution in [1.29, 1.82) is 0 Å². The summed E-state index contributed by atoms with van der Waals surface area (Å²) in [5.41, 5.74) is 10.00. The van der Waals surface area contributed by atoms with Crippen LogP contribution >= 0.6 is 43.5 Å². The van der Waals surface area contributed by atoms with Crippen molar-refractivity contribution in [1.82, 2.24) is 0 Å². The summed E-state index contributed by atoms with van der Waals surface area (Å²) < 4.78 is 19.3. The molecule has 0 atom stereocenters. The molecule has 6 heteroatoms. The van der Waals surface area contributed by atoms with Gasteiger partial charge >= 0.3 is 0 Å². The van der Waals surface area contributed by atoms with E-state index in [2.05, 4.69) is 132 Å². The summed E-state index contributed by atoms with van der Waals surface area (Å²) >= 11 is 14.3. The van der Waals surface area contributed by atoms with Crippen molar-refractivity contribution in [3.05, 3.63) is 102 Å². The van der Waals surface area contributed by atoms with Gasteiger partial charge in [0.15, 0.2) is 11.5 Å². The first-order valence-electron chi connectivity index (χ1n) is 15.0. The van der Waals surface area contributed by atoms with Crippen LogP contribution in [-0.4, -0.2) is 23.4 Å². The number of rotatable bonds is 7. The van der Waals surface area contributed by atoms with E-state index in [-0.39, 0.29) is 16.6 Å². The van der Waals surface area contributed by atoms with Crippen LogP contribution in [0.15, 0.2) is 79.4 Å². The van der Waals surface area contributed by atoms with Gasteiger partial charge in [0, 0.05) is 55.4 Å². The summed E-state index contributed by atoms with van der Waals surface area (Å²) in [6.07, 6.45) is 12.7. The van der Waals surface area contributed by atoms with Crippen LogP contribution in [0.4, 0.5) is 15.8 Å². The number of fused-ring (bicyclic) bond motifs is 2. The molecule has 0 amide bonds. The highest BCUT2D eigenvalue weighted by Crippen LogP contribution is 2.50. The topological polar surface area (TPSA) is 6.25 Å². The van der Waals surface area contributed by atoms with Crippen LogP contribution in [0.5, 0.6) is 0 Å². The van der Waals surface area contributed by atoms with E-state index in [1.165, 1.54) is 28.1 Å². The minimum absolute atomic E-state index is 0.111. The molecule has 0 spiro atoms. The van der Waals surface area contributed by atoms with Crippen molar-refractivity contribution in [3.63, 3.8) is 0 Å². The molecule has 2 aromatic rings.